The zero-order valence-electron chi connectivity index (χ0n) is 17.7. The first-order valence-electron chi connectivity index (χ1n) is 10.4. The Morgan fingerprint density at radius 3 is 2.19 bits per heavy atom. The molecule has 158 valence electrons. The molecule has 2 aromatic heterocycles. The Hall–Kier alpha value is -4.06. The molecule has 0 N–H and O–H groups in total. The van der Waals surface area contributed by atoms with Crippen molar-refractivity contribution in [2.24, 2.45) is 0 Å². The highest BCUT2D eigenvalue weighted by Gasteiger charge is 2.17. The molecule has 0 atom stereocenters. The van der Waals surface area contributed by atoms with Crippen LogP contribution < -0.4 is 11.3 Å². The summed E-state index contributed by atoms with van der Waals surface area (Å²) in [5.41, 5.74) is 4.84. The minimum Gasteiger partial charge on any atom is -0.403 e. The van der Waals surface area contributed by atoms with Gasteiger partial charge in [0, 0.05) is 17.5 Å². The van der Waals surface area contributed by atoms with Crippen LogP contribution in [0.15, 0.2) is 72.1 Å². The van der Waals surface area contributed by atoms with Crippen LogP contribution in [0.25, 0.3) is 41.1 Å². The largest absolute Gasteiger partial charge is 0.403 e. The number of benzene rings is 1. The minimum absolute atomic E-state index is 0.235. The number of rotatable bonds is 2. The summed E-state index contributed by atoms with van der Waals surface area (Å²) in [6.45, 7) is 3.93. The van der Waals surface area contributed by atoms with Gasteiger partial charge in [0.05, 0.1) is 22.5 Å². The maximum atomic E-state index is 12.5. The van der Waals surface area contributed by atoms with E-state index in [2.05, 4.69) is 9.97 Å². The second-order valence-electron chi connectivity index (χ2n) is 8.00. The van der Waals surface area contributed by atoms with Gasteiger partial charge in [0.25, 0.3) is 0 Å². The minimum atomic E-state index is -0.422. The van der Waals surface area contributed by atoms with E-state index in [9.17, 15) is 9.59 Å². The Balaban J connectivity index is 1.51. The molecule has 2 aliphatic rings. The molecule has 0 saturated heterocycles. The van der Waals surface area contributed by atoms with Gasteiger partial charge in [0.15, 0.2) is 0 Å². The lowest BCUT2D eigenvalue weighted by Crippen LogP contribution is -2.12. The molecule has 5 rings (SSSR count). The van der Waals surface area contributed by atoms with Crippen LogP contribution in [0.4, 0.5) is 0 Å². The molecule has 32 heavy (non-hydrogen) atoms. The molecule has 0 aliphatic heterocycles. The third-order valence-corrected chi connectivity index (χ3v) is 5.45. The summed E-state index contributed by atoms with van der Waals surface area (Å²) in [5.74, 6) is 0.475. The van der Waals surface area contributed by atoms with Crippen LogP contribution in [-0.4, -0.2) is 9.97 Å². The third-order valence-electron chi connectivity index (χ3n) is 5.45. The van der Waals surface area contributed by atoms with Gasteiger partial charge in [-0.05, 0) is 62.8 Å². The van der Waals surface area contributed by atoms with Gasteiger partial charge in [-0.25, -0.2) is 19.6 Å². The average Bonchev–Trinajstić information content (AvgIpc) is 3.09. The molecule has 0 amide bonds. The van der Waals surface area contributed by atoms with Crippen molar-refractivity contribution in [2.75, 3.05) is 0 Å². The Bertz CT molecular complexity index is 1470. The highest BCUT2D eigenvalue weighted by atomic mass is 16.4. The Morgan fingerprint density at radius 2 is 1.47 bits per heavy atom. The van der Waals surface area contributed by atoms with E-state index in [4.69, 9.17) is 8.83 Å². The Kier molecular flexibility index (Phi) is 4.90. The summed E-state index contributed by atoms with van der Waals surface area (Å²) in [6.07, 6.45) is 12.6. The van der Waals surface area contributed by atoms with Crippen LogP contribution in [0, 0.1) is 0 Å². The molecule has 3 aromatic rings. The molecular weight excluding hydrogens is 404 g/mol. The first-order valence-corrected chi connectivity index (χ1v) is 10.4. The zero-order valence-corrected chi connectivity index (χ0v) is 17.7. The molecule has 0 bridgehead atoms. The van der Waals surface area contributed by atoms with Gasteiger partial charge >= 0.3 is 11.3 Å². The molecule has 2 aliphatic carbocycles. The molecule has 0 radical (unpaired) electrons. The second-order valence-corrected chi connectivity index (χ2v) is 8.00. The van der Waals surface area contributed by atoms with Gasteiger partial charge in [-0.1, -0.05) is 29.4 Å². The summed E-state index contributed by atoms with van der Waals surface area (Å²) >= 11 is 0. The van der Waals surface area contributed by atoms with Crippen molar-refractivity contribution in [3.05, 3.63) is 97.0 Å². The van der Waals surface area contributed by atoms with Gasteiger partial charge in [0.2, 0.25) is 11.8 Å². The topological polar surface area (TPSA) is 86.2 Å². The molecule has 0 unspecified atom stereocenters. The molecule has 0 spiro atoms. The smallest absolute Gasteiger partial charge is 0.347 e. The molecule has 0 fully saturated rings. The van der Waals surface area contributed by atoms with E-state index in [1.165, 1.54) is 0 Å². The van der Waals surface area contributed by atoms with Crippen LogP contribution >= 0.6 is 0 Å². The van der Waals surface area contributed by atoms with Crippen LogP contribution in [0.3, 0.4) is 0 Å². The van der Waals surface area contributed by atoms with Gasteiger partial charge < -0.3 is 8.83 Å². The van der Waals surface area contributed by atoms with E-state index in [1.54, 1.807) is 24.3 Å². The van der Waals surface area contributed by atoms with Crippen LogP contribution in [0.2, 0.25) is 0 Å². The highest BCUT2D eigenvalue weighted by molar-refractivity contribution is 5.68. The number of allylic oxidation sites excluding steroid dienone is 5. The summed E-state index contributed by atoms with van der Waals surface area (Å²) in [5, 5.41) is 0. The fraction of sp³-hybridized carbons (Fsp3) is 0.154. The fourth-order valence-electron chi connectivity index (χ4n) is 3.76. The van der Waals surface area contributed by atoms with E-state index >= 15 is 0 Å². The zero-order chi connectivity index (χ0) is 22.2. The molecule has 6 nitrogen and oxygen atoms in total. The Labute approximate surface area is 184 Å². The lowest BCUT2D eigenvalue weighted by Gasteiger charge is -2.07. The van der Waals surface area contributed by atoms with Crippen molar-refractivity contribution in [2.45, 2.75) is 26.7 Å². The predicted molar refractivity (Wildman–Crippen MR) is 124 cm³/mol. The van der Waals surface area contributed by atoms with E-state index in [0.717, 1.165) is 17.6 Å². The average molecular weight is 424 g/mol. The number of hydrogen-bond donors (Lipinski definition) is 0. The van der Waals surface area contributed by atoms with E-state index in [-0.39, 0.29) is 17.4 Å². The molecular formula is C26H20N2O4. The molecule has 0 saturated carbocycles. The van der Waals surface area contributed by atoms with Crippen molar-refractivity contribution >= 4 is 18.2 Å². The van der Waals surface area contributed by atoms with Gasteiger partial charge in [-0.2, -0.15) is 0 Å². The SMILES string of the molecule is CC1=Cc2c(nc(-c3ccc(-c4nc5c(c(=O)o4)CC(C)=CC=C5)cc3)oc2=O)C=CC1. The first-order chi connectivity index (χ1) is 15.5. The highest BCUT2D eigenvalue weighted by Crippen LogP contribution is 2.25. The third kappa shape index (κ3) is 3.71. The molecule has 6 heteroatoms. The number of fused-ring (bicyclic) bond motifs is 2. The standard InChI is InChI=1S/C26H20N2O4/c1-15-5-3-7-21-19(13-15)25(29)31-23(27-21)17-9-11-18(12-10-17)24-28-22-8-4-6-16(2)14-20(22)26(30)32-24/h3-5,7-12,14H,6,13H2,1-2H3. The van der Waals surface area contributed by atoms with Crippen LogP contribution in [-0.2, 0) is 6.42 Å². The van der Waals surface area contributed by atoms with Crippen molar-refractivity contribution in [3.63, 3.8) is 0 Å². The van der Waals surface area contributed by atoms with E-state index in [0.29, 0.717) is 40.1 Å². The van der Waals surface area contributed by atoms with Crippen LogP contribution in [0.1, 0.15) is 42.8 Å². The van der Waals surface area contributed by atoms with Crippen LogP contribution in [0.5, 0.6) is 0 Å². The first kappa shape index (κ1) is 19.9. The number of nitrogens with zero attached hydrogens (tertiary/aromatic N) is 2. The second kappa shape index (κ2) is 7.89. The molecule has 1 aromatic carbocycles. The summed E-state index contributed by atoms with van der Waals surface area (Å²) in [7, 11) is 0. The van der Waals surface area contributed by atoms with Gasteiger partial charge in [-0.3, -0.25) is 0 Å². The van der Waals surface area contributed by atoms with Crippen molar-refractivity contribution in [3.8, 4) is 22.9 Å². The van der Waals surface area contributed by atoms with Crippen molar-refractivity contribution in [1.29, 1.82) is 0 Å². The van der Waals surface area contributed by atoms with Gasteiger partial charge in [0.1, 0.15) is 0 Å². The van der Waals surface area contributed by atoms with E-state index in [1.807, 2.05) is 50.3 Å². The van der Waals surface area contributed by atoms with Crippen molar-refractivity contribution < 1.29 is 8.83 Å². The Morgan fingerprint density at radius 1 is 0.812 bits per heavy atom. The van der Waals surface area contributed by atoms with E-state index < -0.39 is 5.63 Å². The van der Waals surface area contributed by atoms with Crippen molar-refractivity contribution in [1.82, 2.24) is 9.97 Å². The quantitative estimate of drug-likeness (QED) is 0.572. The number of aromatic nitrogens is 2. The fourth-order valence-corrected chi connectivity index (χ4v) is 3.76. The lowest BCUT2D eigenvalue weighted by atomic mass is 10.1. The van der Waals surface area contributed by atoms with Gasteiger partial charge in [-0.15, -0.1) is 0 Å². The number of hydrogen-bond acceptors (Lipinski definition) is 6. The summed E-state index contributed by atoms with van der Waals surface area (Å²) in [6, 6.07) is 7.07. The molecule has 2 heterocycles. The maximum absolute atomic E-state index is 12.5. The normalized spacial score (nSPS) is 14.7. The monoisotopic (exact) mass is 424 g/mol. The summed E-state index contributed by atoms with van der Waals surface area (Å²) < 4.78 is 11.0. The lowest BCUT2D eigenvalue weighted by molar-refractivity contribution is 0.497. The predicted octanol–water partition coefficient (Wildman–Crippen LogP) is 5.05. The maximum Gasteiger partial charge on any atom is 0.347 e. The summed E-state index contributed by atoms with van der Waals surface area (Å²) in [4.78, 5) is 34.1.